The number of nitrogens with one attached hydrogen (secondary N) is 2. The molecule has 0 amide bonds. The van der Waals surface area contributed by atoms with Crippen LogP contribution < -0.4 is 14.9 Å². The van der Waals surface area contributed by atoms with E-state index < -0.39 is 0 Å². The highest BCUT2D eigenvalue weighted by atomic mass is 35.5. The minimum Gasteiger partial charge on any atom is -0.388 e. The summed E-state index contributed by atoms with van der Waals surface area (Å²) in [6.07, 6.45) is 8.13. The van der Waals surface area contributed by atoms with Gasteiger partial charge in [0, 0.05) is 53.9 Å². The molecule has 1 aliphatic rings. The summed E-state index contributed by atoms with van der Waals surface area (Å²) in [5, 5.41) is 7.90. The lowest BCUT2D eigenvalue weighted by atomic mass is 10.2. The summed E-state index contributed by atoms with van der Waals surface area (Å²) in [6, 6.07) is 18.1. The summed E-state index contributed by atoms with van der Waals surface area (Å²) < 4.78 is 2.24. The van der Waals surface area contributed by atoms with Crippen LogP contribution in [0.1, 0.15) is 80.5 Å². The van der Waals surface area contributed by atoms with Crippen molar-refractivity contribution < 1.29 is 9.59 Å². The summed E-state index contributed by atoms with van der Waals surface area (Å²) in [7, 11) is 3.73. The normalized spacial score (nSPS) is 11.4. The molecule has 0 atom stereocenters. The van der Waals surface area contributed by atoms with E-state index in [0.717, 1.165) is 47.0 Å². The van der Waals surface area contributed by atoms with E-state index in [4.69, 9.17) is 34.8 Å². The van der Waals surface area contributed by atoms with Gasteiger partial charge in [-0.05, 0) is 73.3 Å². The van der Waals surface area contributed by atoms with Crippen molar-refractivity contribution in [2.75, 3.05) is 41.3 Å². The van der Waals surface area contributed by atoms with E-state index in [2.05, 4.69) is 28.8 Å². The Morgan fingerprint density at radius 3 is 2.00 bits per heavy atom. The molecule has 0 aliphatic carbocycles. The Bertz CT molecular complexity index is 1160. The highest BCUT2D eigenvalue weighted by molar-refractivity contribution is 8.00. The Morgan fingerprint density at radius 1 is 0.833 bits per heavy atom. The number of benzene rings is 3. The van der Waals surface area contributed by atoms with Gasteiger partial charge in [0.1, 0.15) is 6.29 Å². The van der Waals surface area contributed by atoms with E-state index in [0.29, 0.717) is 21.2 Å². The zero-order chi connectivity index (χ0) is 31.8. The first-order chi connectivity index (χ1) is 20.3. The predicted octanol–water partition coefficient (Wildman–Crippen LogP) is 11.2. The number of anilines is 3. The fourth-order valence-corrected chi connectivity index (χ4v) is 5.08. The number of rotatable bonds is 7. The van der Waals surface area contributed by atoms with Gasteiger partial charge < -0.3 is 14.9 Å². The van der Waals surface area contributed by atoms with Crippen molar-refractivity contribution in [1.82, 2.24) is 0 Å². The number of aldehydes is 2. The zero-order valence-corrected chi connectivity index (χ0v) is 28.8. The lowest BCUT2D eigenvalue weighted by Gasteiger charge is -2.27. The molecule has 1 heterocycles. The molecule has 0 bridgehead atoms. The van der Waals surface area contributed by atoms with Gasteiger partial charge in [-0.3, -0.25) is 9.59 Å². The van der Waals surface area contributed by atoms with Crippen LogP contribution in [0, 0.1) is 0 Å². The number of hydrogen-bond donors (Lipinski definition) is 2. The maximum absolute atomic E-state index is 10.6. The molecule has 5 nitrogen and oxygen atoms in total. The molecule has 1 fully saturated rings. The van der Waals surface area contributed by atoms with Crippen LogP contribution in [0.5, 0.6) is 0 Å². The van der Waals surface area contributed by atoms with Crippen LogP contribution in [0.25, 0.3) is 0 Å². The van der Waals surface area contributed by atoms with Crippen molar-refractivity contribution in [2.24, 2.45) is 0 Å². The quantitative estimate of drug-likeness (QED) is 0.195. The SMILES string of the molecule is CC.CCCCC.CNc1ccc(Cl)c(NC)c1.O=Cc1ccc(N2CCCCS2)cc1Cl.O=Cc1cccc(Cl)c1. The molecule has 0 radical (unpaired) electrons. The predicted molar refractivity (Wildman–Crippen MR) is 190 cm³/mol. The van der Waals surface area contributed by atoms with E-state index in [-0.39, 0.29) is 0 Å². The largest absolute Gasteiger partial charge is 0.388 e. The van der Waals surface area contributed by atoms with Crippen LogP contribution >= 0.6 is 46.8 Å². The molecule has 42 heavy (non-hydrogen) atoms. The Labute approximate surface area is 272 Å². The molecule has 3 aromatic carbocycles. The molecule has 0 unspecified atom stereocenters. The highest BCUT2D eigenvalue weighted by Gasteiger charge is 2.12. The Kier molecular flexibility index (Phi) is 23.7. The first-order valence-corrected chi connectivity index (χ1v) is 16.4. The summed E-state index contributed by atoms with van der Waals surface area (Å²) in [6.45, 7) is 9.48. The number of nitrogens with zero attached hydrogens (tertiary/aromatic N) is 1. The van der Waals surface area contributed by atoms with Gasteiger partial charge in [0.25, 0.3) is 0 Å². The lowest BCUT2D eigenvalue weighted by Crippen LogP contribution is -2.20. The van der Waals surface area contributed by atoms with Crippen molar-refractivity contribution in [2.45, 2.75) is 59.8 Å². The maximum atomic E-state index is 10.6. The van der Waals surface area contributed by atoms with E-state index in [1.54, 1.807) is 30.3 Å². The number of hydrogen-bond acceptors (Lipinski definition) is 6. The fraction of sp³-hybridized carbons (Fsp3) is 0.394. The first-order valence-electron chi connectivity index (χ1n) is 14.3. The van der Waals surface area contributed by atoms with E-state index in [1.165, 1.54) is 32.1 Å². The Hall–Kier alpha value is -2.38. The van der Waals surface area contributed by atoms with Gasteiger partial charge in [0.05, 0.1) is 15.7 Å². The highest BCUT2D eigenvalue weighted by Crippen LogP contribution is 2.30. The minimum absolute atomic E-state index is 0.536. The molecule has 9 heteroatoms. The standard InChI is InChI=1S/C11H12ClNOS.C8H11ClN2.C7H5ClO.C5H12.C2H6/c12-11-7-10(4-3-9(11)8-14)13-5-1-2-6-15-13;1-10-6-3-4-7(9)8(5-6)11-2;8-7-3-1-2-6(4-7)5-9;1-3-5-4-2;1-2/h3-4,7-8H,1-2,5-6H2;3-5,10-11H,1-2H3;1-5H;3-5H2,1-2H3;1-2H3. The minimum atomic E-state index is 0.536. The van der Waals surface area contributed by atoms with E-state index in [1.807, 2.05) is 70.2 Å². The van der Waals surface area contributed by atoms with Gasteiger partial charge in [-0.1, -0.05) is 93.9 Å². The monoisotopic (exact) mass is 653 g/mol. The molecular formula is C33H46Cl3N3O2S. The molecule has 2 N–H and O–H groups in total. The zero-order valence-electron chi connectivity index (χ0n) is 25.7. The van der Waals surface area contributed by atoms with Crippen LogP contribution in [0.4, 0.5) is 17.1 Å². The molecule has 3 aromatic rings. The first kappa shape index (κ1) is 39.6. The van der Waals surface area contributed by atoms with Gasteiger partial charge in [-0.2, -0.15) is 0 Å². The van der Waals surface area contributed by atoms with Crippen LogP contribution in [0.3, 0.4) is 0 Å². The van der Waals surface area contributed by atoms with Gasteiger partial charge >= 0.3 is 0 Å². The van der Waals surface area contributed by atoms with Gasteiger partial charge in [-0.15, -0.1) is 0 Å². The summed E-state index contributed by atoms with van der Waals surface area (Å²) >= 11 is 19.2. The van der Waals surface area contributed by atoms with Crippen LogP contribution in [0.2, 0.25) is 15.1 Å². The molecule has 0 saturated carbocycles. The smallest absolute Gasteiger partial charge is 0.151 e. The lowest BCUT2D eigenvalue weighted by molar-refractivity contribution is 0.111. The molecule has 0 aromatic heterocycles. The second-order valence-corrected chi connectivity index (χ2v) is 11.0. The summed E-state index contributed by atoms with van der Waals surface area (Å²) in [5.41, 5.74) is 4.26. The Morgan fingerprint density at radius 2 is 1.55 bits per heavy atom. The maximum Gasteiger partial charge on any atom is 0.151 e. The third kappa shape index (κ3) is 16.3. The van der Waals surface area contributed by atoms with Crippen LogP contribution in [-0.4, -0.2) is 39.0 Å². The van der Waals surface area contributed by atoms with Crippen LogP contribution in [-0.2, 0) is 0 Å². The van der Waals surface area contributed by atoms with Crippen molar-refractivity contribution in [3.8, 4) is 0 Å². The molecule has 1 saturated heterocycles. The molecule has 4 rings (SSSR count). The third-order valence-electron chi connectivity index (χ3n) is 5.62. The second kappa shape index (κ2) is 25.1. The summed E-state index contributed by atoms with van der Waals surface area (Å²) in [5.74, 6) is 1.16. The van der Waals surface area contributed by atoms with Crippen molar-refractivity contribution >= 4 is 76.4 Å². The van der Waals surface area contributed by atoms with Crippen molar-refractivity contribution in [3.05, 3.63) is 86.9 Å². The topological polar surface area (TPSA) is 61.4 Å². The molecule has 232 valence electrons. The van der Waals surface area contributed by atoms with Gasteiger partial charge in [0.2, 0.25) is 0 Å². The van der Waals surface area contributed by atoms with Crippen LogP contribution in [0.15, 0.2) is 60.7 Å². The molecule has 0 spiro atoms. The average Bonchev–Trinajstić information content (AvgIpc) is 3.04. The summed E-state index contributed by atoms with van der Waals surface area (Å²) in [4.78, 5) is 20.7. The van der Waals surface area contributed by atoms with E-state index >= 15 is 0 Å². The molecule has 1 aliphatic heterocycles. The van der Waals surface area contributed by atoms with E-state index in [9.17, 15) is 9.59 Å². The number of carbonyl (C=O) groups excluding carboxylic acids is 2. The van der Waals surface area contributed by atoms with Crippen molar-refractivity contribution in [1.29, 1.82) is 0 Å². The van der Waals surface area contributed by atoms with Gasteiger partial charge in [-0.25, -0.2) is 0 Å². The van der Waals surface area contributed by atoms with Gasteiger partial charge in [0.15, 0.2) is 6.29 Å². The fourth-order valence-electron chi connectivity index (χ4n) is 3.37. The average molecular weight is 655 g/mol. The second-order valence-electron chi connectivity index (χ2n) is 8.69. The van der Waals surface area contributed by atoms with Crippen molar-refractivity contribution in [3.63, 3.8) is 0 Å². The number of unbranched alkanes of at least 4 members (excludes halogenated alkanes) is 2. The Balaban J connectivity index is 0.000000555. The number of carbonyl (C=O) groups is 2. The number of halogens is 3. The third-order valence-corrected chi connectivity index (χ3v) is 7.69. The molecular weight excluding hydrogens is 609 g/mol.